The Morgan fingerprint density at radius 1 is 1.09 bits per heavy atom. The van der Waals surface area contributed by atoms with Crippen LogP contribution >= 0.6 is 15.9 Å². The van der Waals surface area contributed by atoms with Gasteiger partial charge in [-0.25, -0.2) is 8.42 Å². The van der Waals surface area contributed by atoms with Crippen molar-refractivity contribution in [2.45, 2.75) is 39.3 Å². The first-order valence-corrected chi connectivity index (χ1v) is 13.1. The second-order valence-corrected chi connectivity index (χ2v) is 10.3. The fraction of sp³-hybridized carbons (Fsp3) is 0.391. The van der Waals surface area contributed by atoms with Crippen molar-refractivity contribution in [2.75, 3.05) is 23.7 Å². The molecular weight excluding hydrogens is 494 g/mol. The van der Waals surface area contributed by atoms with Crippen molar-refractivity contribution in [3.8, 4) is 0 Å². The number of likely N-dealkylation sites (N-methyl/N-ethyl adjacent to an activating group) is 1. The van der Waals surface area contributed by atoms with E-state index in [1.54, 1.807) is 36.1 Å². The Kier molecular flexibility index (Phi) is 9.71. The number of halogens is 1. The van der Waals surface area contributed by atoms with Crippen molar-refractivity contribution in [2.24, 2.45) is 0 Å². The maximum absolute atomic E-state index is 13.1. The fourth-order valence-corrected chi connectivity index (χ4v) is 4.75. The van der Waals surface area contributed by atoms with E-state index in [1.165, 1.54) is 4.31 Å². The summed E-state index contributed by atoms with van der Waals surface area (Å²) in [5, 5.41) is 2.76. The summed E-state index contributed by atoms with van der Waals surface area (Å²) in [5.74, 6) is -0.428. The summed E-state index contributed by atoms with van der Waals surface area (Å²) in [7, 11) is -3.49. The number of amides is 2. The van der Waals surface area contributed by atoms with Crippen LogP contribution in [0.2, 0.25) is 0 Å². The molecule has 2 aromatic carbocycles. The predicted molar refractivity (Wildman–Crippen MR) is 131 cm³/mol. The van der Waals surface area contributed by atoms with Gasteiger partial charge in [-0.1, -0.05) is 46.3 Å². The molecule has 174 valence electrons. The summed E-state index contributed by atoms with van der Waals surface area (Å²) < 4.78 is 26.7. The van der Waals surface area contributed by atoms with Crippen LogP contribution in [-0.4, -0.2) is 50.5 Å². The van der Waals surface area contributed by atoms with E-state index in [1.807, 2.05) is 37.3 Å². The van der Waals surface area contributed by atoms with Crippen molar-refractivity contribution in [1.82, 2.24) is 10.2 Å². The van der Waals surface area contributed by atoms with E-state index in [-0.39, 0.29) is 31.3 Å². The number of sulfonamides is 1. The van der Waals surface area contributed by atoms with Crippen LogP contribution in [0.4, 0.5) is 5.69 Å². The zero-order valence-electron chi connectivity index (χ0n) is 18.6. The van der Waals surface area contributed by atoms with Crippen LogP contribution in [0, 0.1) is 0 Å². The third kappa shape index (κ3) is 7.63. The molecule has 2 rings (SSSR count). The minimum atomic E-state index is -3.49. The fourth-order valence-electron chi connectivity index (χ4n) is 3.33. The lowest BCUT2D eigenvalue weighted by Gasteiger charge is -2.29. The van der Waals surface area contributed by atoms with Gasteiger partial charge in [0.15, 0.2) is 0 Å². The lowest BCUT2D eigenvalue weighted by molar-refractivity contribution is -0.140. The molecule has 0 bridgehead atoms. The van der Waals surface area contributed by atoms with Crippen LogP contribution in [0.3, 0.4) is 0 Å². The number of nitrogens with one attached hydrogen (secondary N) is 1. The Labute approximate surface area is 199 Å². The number of carbonyl (C=O) groups is 2. The smallest absolute Gasteiger partial charge is 0.242 e. The topological polar surface area (TPSA) is 86.8 Å². The van der Waals surface area contributed by atoms with Crippen molar-refractivity contribution in [3.63, 3.8) is 0 Å². The van der Waals surface area contributed by atoms with E-state index in [0.29, 0.717) is 18.7 Å². The standard InChI is InChI=1S/C23H30BrN3O4S/c1-4-25-23(29)18(2)26(17-19-10-8-11-20(24)16-19)22(28)14-9-15-27(32(3,30)31)21-12-6-5-7-13-21/h5-8,10-13,16,18H,4,9,14-15,17H2,1-3H3,(H,25,29)/t18-/m0/s1. The van der Waals surface area contributed by atoms with Crippen molar-refractivity contribution < 1.29 is 18.0 Å². The minimum absolute atomic E-state index is 0.122. The van der Waals surface area contributed by atoms with Crippen LogP contribution in [0.15, 0.2) is 59.1 Å². The number of para-hydroxylation sites is 1. The van der Waals surface area contributed by atoms with E-state index >= 15 is 0 Å². The first-order chi connectivity index (χ1) is 15.1. The summed E-state index contributed by atoms with van der Waals surface area (Å²) in [6.07, 6.45) is 1.60. The molecule has 2 aromatic rings. The van der Waals surface area contributed by atoms with Gasteiger partial charge in [-0.2, -0.15) is 0 Å². The Bertz CT molecular complexity index is 1010. The maximum Gasteiger partial charge on any atom is 0.242 e. The molecule has 1 atom stereocenters. The SMILES string of the molecule is CCNC(=O)[C@H](C)N(Cc1cccc(Br)c1)C(=O)CCCN(c1ccccc1)S(C)(=O)=O. The number of hydrogen-bond donors (Lipinski definition) is 1. The molecule has 0 saturated heterocycles. The maximum atomic E-state index is 13.1. The molecule has 0 fully saturated rings. The van der Waals surface area contributed by atoms with Gasteiger partial charge in [0.05, 0.1) is 11.9 Å². The van der Waals surface area contributed by atoms with Crippen LogP contribution in [0.5, 0.6) is 0 Å². The van der Waals surface area contributed by atoms with Crippen LogP contribution < -0.4 is 9.62 Å². The largest absolute Gasteiger partial charge is 0.355 e. The molecule has 0 aliphatic carbocycles. The second-order valence-electron chi connectivity index (χ2n) is 7.50. The van der Waals surface area contributed by atoms with E-state index in [9.17, 15) is 18.0 Å². The first-order valence-electron chi connectivity index (χ1n) is 10.5. The molecule has 32 heavy (non-hydrogen) atoms. The number of benzene rings is 2. The minimum Gasteiger partial charge on any atom is -0.355 e. The molecule has 0 radical (unpaired) electrons. The van der Waals surface area contributed by atoms with Gasteiger partial charge in [-0.3, -0.25) is 13.9 Å². The quantitative estimate of drug-likeness (QED) is 0.487. The molecule has 0 saturated carbocycles. The van der Waals surface area contributed by atoms with Gasteiger partial charge in [-0.05, 0) is 50.1 Å². The van der Waals surface area contributed by atoms with Gasteiger partial charge in [0.2, 0.25) is 21.8 Å². The second kappa shape index (κ2) is 12.0. The summed E-state index contributed by atoms with van der Waals surface area (Å²) in [5.41, 5.74) is 1.45. The lowest BCUT2D eigenvalue weighted by atomic mass is 10.1. The highest BCUT2D eigenvalue weighted by atomic mass is 79.9. The Morgan fingerprint density at radius 2 is 1.78 bits per heavy atom. The summed E-state index contributed by atoms with van der Waals surface area (Å²) in [6, 6.07) is 15.7. The average molecular weight is 524 g/mol. The zero-order chi connectivity index (χ0) is 23.7. The van der Waals surface area contributed by atoms with Gasteiger partial charge in [0.25, 0.3) is 0 Å². The molecule has 1 N–H and O–H groups in total. The van der Waals surface area contributed by atoms with Gasteiger partial charge < -0.3 is 10.2 Å². The number of hydrogen-bond acceptors (Lipinski definition) is 4. The highest BCUT2D eigenvalue weighted by Gasteiger charge is 2.26. The highest BCUT2D eigenvalue weighted by Crippen LogP contribution is 2.19. The third-order valence-corrected chi connectivity index (χ3v) is 6.64. The normalized spacial score (nSPS) is 12.1. The molecule has 0 aliphatic rings. The van der Waals surface area contributed by atoms with E-state index in [0.717, 1.165) is 16.3 Å². The molecule has 0 spiro atoms. The summed E-state index contributed by atoms with van der Waals surface area (Å²) in [6.45, 7) is 4.46. The van der Waals surface area contributed by atoms with E-state index in [2.05, 4.69) is 21.2 Å². The first kappa shape index (κ1) is 25.9. The summed E-state index contributed by atoms with van der Waals surface area (Å²) >= 11 is 3.43. The predicted octanol–water partition coefficient (Wildman–Crippen LogP) is 3.55. The molecule has 0 unspecified atom stereocenters. The Morgan fingerprint density at radius 3 is 2.38 bits per heavy atom. The molecule has 0 aromatic heterocycles. The number of rotatable bonds is 11. The molecular formula is C23H30BrN3O4S. The van der Waals surface area contributed by atoms with Crippen molar-refractivity contribution in [1.29, 1.82) is 0 Å². The Hall–Kier alpha value is -2.39. The monoisotopic (exact) mass is 523 g/mol. The number of anilines is 1. The average Bonchev–Trinajstić information content (AvgIpc) is 2.74. The summed E-state index contributed by atoms with van der Waals surface area (Å²) in [4.78, 5) is 27.1. The van der Waals surface area contributed by atoms with Gasteiger partial charge in [-0.15, -0.1) is 0 Å². The lowest BCUT2D eigenvalue weighted by Crippen LogP contribution is -2.47. The molecule has 2 amide bonds. The van der Waals surface area contributed by atoms with Gasteiger partial charge >= 0.3 is 0 Å². The van der Waals surface area contributed by atoms with E-state index < -0.39 is 16.1 Å². The van der Waals surface area contributed by atoms with Crippen molar-refractivity contribution in [3.05, 3.63) is 64.6 Å². The molecule has 0 heterocycles. The number of nitrogens with zero attached hydrogens (tertiary/aromatic N) is 2. The van der Waals surface area contributed by atoms with E-state index in [4.69, 9.17) is 0 Å². The zero-order valence-corrected chi connectivity index (χ0v) is 21.0. The van der Waals surface area contributed by atoms with Crippen LogP contribution in [0.25, 0.3) is 0 Å². The molecule has 0 aliphatic heterocycles. The van der Waals surface area contributed by atoms with Crippen molar-refractivity contribution >= 4 is 43.5 Å². The van der Waals surface area contributed by atoms with Crippen LogP contribution in [0.1, 0.15) is 32.3 Å². The Balaban J connectivity index is 2.13. The third-order valence-electron chi connectivity index (χ3n) is 4.96. The van der Waals surface area contributed by atoms with Crippen LogP contribution in [-0.2, 0) is 26.2 Å². The van der Waals surface area contributed by atoms with Gasteiger partial charge in [0, 0.05) is 30.5 Å². The number of carbonyl (C=O) groups excluding carboxylic acids is 2. The highest BCUT2D eigenvalue weighted by molar-refractivity contribution is 9.10. The van der Waals surface area contributed by atoms with Gasteiger partial charge in [0.1, 0.15) is 6.04 Å². The molecule has 7 nitrogen and oxygen atoms in total. The molecule has 9 heteroatoms.